The molecule has 1 saturated heterocycles. The number of amides is 3. The van der Waals surface area contributed by atoms with Crippen LogP contribution < -0.4 is 15.5 Å². The zero-order chi connectivity index (χ0) is 21.0. The van der Waals surface area contributed by atoms with Crippen LogP contribution in [-0.2, 0) is 20.8 Å². The Labute approximate surface area is 171 Å². The third-order valence-corrected chi connectivity index (χ3v) is 5.32. The Bertz CT molecular complexity index is 901. The first-order chi connectivity index (χ1) is 13.9. The van der Waals surface area contributed by atoms with Gasteiger partial charge in [0.15, 0.2) is 0 Å². The normalized spacial score (nSPS) is 16.0. The molecule has 0 spiro atoms. The van der Waals surface area contributed by atoms with Crippen molar-refractivity contribution in [3.63, 3.8) is 0 Å². The quantitative estimate of drug-likeness (QED) is 0.792. The second kappa shape index (κ2) is 8.90. The summed E-state index contributed by atoms with van der Waals surface area (Å²) in [6, 6.07) is 13.6. The van der Waals surface area contributed by atoms with Crippen LogP contribution in [0, 0.1) is 19.8 Å². The lowest BCUT2D eigenvalue weighted by Crippen LogP contribution is -2.38. The summed E-state index contributed by atoms with van der Waals surface area (Å²) in [5.41, 5.74) is 4.70. The molecule has 2 N–H and O–H groups in total. The van der Waals surface area contributed by atoms with Crippen LogP contribution in [0.15, 0.2) is 42.5 Å². The highest BCUT2D eigenvalue weighted by molar-refractivity contribution is 6.01. The van der Waals surface area contributed by atoms with Gasteiger partial charge in [-0.1, -0.05) is 37.3 Å². The number of hydrogen-bond donors (Lipinski definition) is 2. The van der Waals surface area contributed by atoms with Crippen LogP contribution in [-0.4, -0.2) is 30.8 Å². The lowest BCUT2D eigenvalue weighted by Gasteiger charge is -2.17. The minimum atomic E-state index is -0.457. The number of nitrogens with zero attached hydrogens (tertiary/aromatic N) is 1. The minimum Gasteiger partial charge on any atom is -0.347 e. The molecule has 1 aliphatic rings. The number of anilines is 2. The molecule has 1 unspecified atom stereocenters. The Morgan fingerprint density at radius 2 is 1.72 bits per heavy atom. The van der Waals surface area contributed by atoms with Gasteiger partial charge < -0.3 is 15.5 Å². The summed E-state index contributed by atoms with van der Waals surface area (Å²) in [7, 11) is 0. The number of carbonyl (C=O) groups excluding carboxylic acids is 3. The van der Waals surface area contributed by atoms with E-state index in [0.717, 1.165) is 28.9 Å². The summed E-state index contributed by atoms with van der Waals surface area (Å²) in [6.45, 7) is 6.13. The molecule has 0 aliphatic carbocycles. The van der Waals surface area contributed by atoms with Crippen molar-refractivity contribution in [2.45, 2.75) is 33.6 Å². The average molecular weight is 393 g/mol. The van der Waals surface area contributed by atoms with Gasteiger partial charge in [-0.2, -0.15) is 0 Å². The molecule has 1 heterocycles. The number of benzene rings is 2. The third-order valence-electron chi connectivity index (χ3n) is 5.32. The topological polar surface area (TPSA) is 78.5 Å². The first-order valence-electron chi connectivity index (χ1n) is 9.92. The van der Waals surface area contributed by atoms with Gasteiger partial charge in [0.2, 0.25) is 17.7 Å². The SMILES string of the molecule is CCc1ccc(N2CC(C(=O)NCC(=O)Nc3c(C)cccc3C)CC2=O)cc1. The van der Waals surface area contributed by atoms with Crippen molar-refractivity contribution in [3.05, 3.63) is 59.2 Å². The van der Waals surface area contributed by atoms with E-state index in [4.69, 9.17) is 0 Å². The Morgan fingerprint density at radius 3 is 2.34 bits per heavy atom. The Hall–Kier alpha value is -3.15. The smallest absolute Gasteiger partial charge is 0.243 e. The Kier molecular flexibility index (Phi) is 6.32. The van der Waals surface area contributed by atoms with Crippen molar-refractivity contribution in [2.75, 3.05) is 23.3 Å². The van der Waals surface area contributed by atoms with Crippen molar-refractivity contribution in [1.29, 1.82) is 0 Å². The van der Waals surface area contributed by atoms with Crippen LogP contribution in [0.1, 0.15) is 30.0 Å². The highest BCUT2D eigenvalue weighted by Gasteiger charge is 2.35. The van der Waals surface area contributed by atoms with Crippen molar-refractivity contribution in [1.82, 2.24) is 5.32 Å². The predicted octanol–water partition coefficient (Wildman–Crippen LogP) is 2.97. The van der Waals surface area contributed by atoms with E-state index < -0.39 is 5.92 Å². The van der Waals surface area contributed by atoms with Crippen LogP contribution in [0.25, 0.3) is 0 Å². The lowest BCUT2D eigenvalue weighted by atomic mass is 10.1. The molecule has 6 nitrogen and oxygen atoms in total. The summed E-state index contributed by atoms with van der Waals surface area (Å²) in [4.78, 5) is 38.7. The van der Waals surface area contributed by atoms with Crippen molar-refractivity contribution >= 4 is 29.1 Å². The van der Waals surface area contributed by atoms with Gasteiger partial charge in [-0.3, -0.25) is 14.4 Å². The maximum atomic E-state index is 12.5. The van der Waals surface area contributed by atoms with Gasteiger partial charge in [0, 0.05) is 24.3 Å². The molecule has 3 amide bonds. The molecule has 0 bridgehead atoms. The van der Waals surface area contributed by atoms with Crippen LogP contribution in [0.2, 0.25) is 0 Å². The second-order valence-corrected chi connectivity index (χ2v) is 7.46. The van der Waals surface area contributed by atoms with E-state index in [1.807, 2.05) is 56.3 Å². The first-order valence-corrected chi connectivity index (χ1v) is 9.92. The number of nitrogens with one attached hydrogen (secondary N) is 2. The molecule has 0 saturated carbocycles. The molecular weight excluding hydrogens is 366 g/mol. The molecule has 1 atom stereocenters. The largest absolute Gasteiger partial charge is 0.347 e. The van der Waals surface area contributed by atoms with Crippen LogP contribution >= 0.6 is 0 Å². The fraction of sp³-hybridized carbons (Fsp3) is 0.348. The fourth-order valence-corrected chi connectivity index (χ4v) is 3.55. The zero-order valence-electron chi connectivity index (χ0n) is 17.1. The van der Waals surface area contributed by atoms with Crippen molar-refractivity contribution in [3.8, 4) is 0 Å². The Morgan fingerprint density at radius 1 is 1.07 bits per heavy atom. The van der Waals surface area contributed by atoms with E-state index in [-0.39, 0.29) is 30.7 Å². The summed E-state index contributed by atoms with van der Waals surface area (Å²) in [5.74, 6) is -1.09. The standard InChI is InChI=1S/C23H27N3O3/c1-4-17-8-10-19(11-9-17)26-14-18(12-21(26)28)23(29)24-13-20(27)25-22-15(2)6-5-7-16(22)3/h5-11,18H,4,12-14H2,1-3H3,(H,24,29)(H,25,27). The zero-order valence-corrected chi connectivity index (χ0v) is 17.1. The third kappa shape index (κ3) is 4.83. The number of hydrogen-bond acceptors (Lipinski definition) is 3. The monoisotopic (exact) mass is 393 g/mol. The second-order valence-electron chi connectivity index (χ2n) is 7.46. The average Bonchev–Trinajstić information content (AvgIpc) is 3.11. The molecule has 2 aromatic carbocycles. The number of carbonyl (C=O) groups is 3. The van der Waals surface area contributed by atoms with Crippen LogP contribution in [0.5, 0.6) is 0 Å². The van der Waals surface area contributed by atoms with Crippen LogP contribution in [0.4, 0.5) is 11.4 Å². The van der Waals surface area contributed by atoms with E-state index in [1.165, 1.54) is 5.56 Å². The molecule has 1 aliphatic heterocycles. The predicted molar refractivity (Wildman–Crippen MR) is 114 cm³/mol. The van der Waals surface area contributed by atoms with Crippen molar-refractivity contribution < 1.29 is 14.4 Å². The minimum absolute atomic E-state index is 0.0746. The number of aryl methyl sites for hydroxylation is 3. The molecule has 0 radical (unpaired) electrons. The molecule has 0 aromatic heterocycles. The van der Waals surface area contributed by atoms with Gasteiger partial charge >= 0.3 is 0 Å². The van der Waals surface area contributed by atoms with E-state index >= 15 is 0 Å². The molecule has 29 heavy (non-hydrogen) atoms. The maximum Gasteiger partial charge on any atom is 0.243 e. The molecule has 152 valence electrons. The number of rotatable bonds is 6. The highest BCUT2D eigenvalue weighted by Crippen LogP contribution is 2.25. The Balaban J connectivity index is 1.54. The summed E-state index contributed by atoms with van der Waals surface area (Å²) in [5, 5.41) is 5.51. The van der Waals surface area contributed by atoms with Gasteiger partial charge in [0.1, 0.15) is 0 Å². The van der Waals surface area contributed by atoms with E-state index in [1.54, 1.807) is 4.90 Å². The van der Waals surface area contributed by atoms with E-state index in [2.05, 4.69) is 17.6 Å². The number of para-hydroxylation sites is 1. The molecular formula is C23H27N3O3. The molecule has 3 rings (SSSR count). The summed E-state index contributed by atoms with van der Waals surface area (Å²) in [6.07, 6.45) is 1.09. The highest BCUT2D eigenvalue weighted by atomic mass is 16.2. The fourth-order valence-electron chi connectivity index (χ4n) is 3.55. The molecule has 6 heteroatoms. The summed E-state index contributed by atoms with van der Waals surface area (Å²) >= 11 is 0. The molecule has 1 fully saturated rings. The van der Waals surface area contributed by atoms with Gasteiger partial charge in [0.05, 0.1) is 12.5 Å². The van der Waals surface area contributed by atoms with Crippen LogP contribution in [0.3, 0.4) is 0 Å². The molecule has 2 aromatic rings. The van der Waals surface area contributed by atoms with Gasteiger partial charge in [-0.05, 0) is 49.1 Å². The van der Waals surface area contributed by atoms with Crippen molar-refractivity contribution in [2.24, 2.45) is 5.92 Å². The van der Waals surface area contributed by atoms with E-state index in [9.17, 15) is 14.4 Å². The van der Waals surface area contributed by atoms with Gasteiger partial charge in [-0.15, -0.1) is 0 Å². The van der Waals surface area contributed by atoms with Gasteiger partial charge in [0.25, 0.3) is 0 Å². The van der Waals surface area contributed by atoms with E-state index in [0.29, 0.717) is 6.54 Å². The van der Waals surface area contributed by atoms with Gasteiger partial charge in [-0.25, -0.2) is 0 Å². The first kappa shape index (κ1) is 20.6. The summed E-state index contributed by atoms with van der Waals surface area (Å²) < 4.78 is 0. The maximum absolute atomic E-state index is 12.5. The lowest BCUT2D eigenvalue weighted by molar-refractivity contribution is -0.127.